The first kappa shape index (κ1) is 24.3. The number of methoxy groups -OCH3 is 1. The number of anilines is 1. The molecule has 3 aromatic rings. The number of fused-ring (bicyclic) bond motifs is 1. The third-order valence-electron chi connectivity index (χ3n) is 4.96. The zero-order chi connectivity index (χ0) is 24.8. The van der Waals surface area contributed by atoms with Crippen LogP contribution in [0.1, 0.15) is 52.4 Å². The lowest BCUT2D eigenvalue weighted by molar-refractivity contribution is 0.0996. The van der Waals surface area contributed by atoms with Gasteiger partial charge in [-0.25, -0.2) is 9.78 Å². The zero-order valence-corrected chi connectivity index (χ0v) is 19.6. The molecular formula is C23H27N7O4. The van der Waals surface area contributed by atoms with E-state index in [1.807, 2.05) is 25.3 Å². The number of carbonyl (C=O) groups is 3. The molecule has 3 rings (SSSR count). The van der Waals surface area contributed by atoms with E-state index in [4.69, 9.17) is 5.73 Å². The number of nitrogens with one attached hydrogen (secondary N) is 2. The van der Waals surface area contributed by atoms with Crippen molar-refractivity contribution in [1.29, 1.82) is 0 Å². The first-order valence-corrected chi connectivity index (χ1v) is 10.8. The van der Waals surface area contributed by atoms with Gasteiger partial charge in [-0.2, -0.15) is 5.10 Å². The number of nitrogens with two attached hydrogens (primary N) is 1. The number of aryl methyl sites for hydroxylation is 3. The van der Waals surface area contributed by atoms with Crippen molar-refractivity contribution >= 4 is 34.9 Å². The standard InChI is InChI=1S/C23H27N7O4/c1-5-10-29-19-15(8-7-9-25-23(33)34-4)12-16(20(24)31)13-17(19)26-22(29)27-21(32)18-11-14(3)28-30(18)6-2/h11-13H,5-6,9-10H2,1-4H3,(H2,24,31)(H,25,33)(H,26,27,32). The van der Waals surface area contributed by atoms with Gasteiger partial charge in [0.05, 0.1) is 35.9 Å². The summed E-state index contributed by atoms with van der Waals surface area (Å²) in [4.78, 5) is 40.8. The highest BCUT2D eigenvalue weighted by Crippen LogP contribution is 2.26. The van der Waals surface area contributed by atoms with Crippen LogP contribution in [0.3, 0.4) is 0 Å². The van der Waals surface area contributed by atoms with E-state index >= 15 is 0 Å². The van der Waals surface area contributed by atoms with E-state index in [1.165, 1.54) is 7.11 Å². The molecule has 2 aromatic heterocycles. The Balaban J connectivity index is 2.08. The number of carbonyl (C=O) groups excluding carboxylic acids is 3. The molecule has 0 aliphatic heterocycles. The number of ether oxygens (including phenoxy) is 1. The predicted molar refractivity (Wildman–Crippen MR) is 126 cm³/mol. The van der Waals surface area contributed by atoms with Crippen molar-refractivity contribution in [3.63, 3.8) is 0 Å². The van der Waals surface area contributed by atoms with Gasteiger partial charge in [-0.05, 0) is 38.5 Å². The van der Waals surface area contributed by atoms with Gasteiger partial charge in [0.15, 0.2) is 0 Å². The lowest BCUT2D eigenvalue weighted by Crippen LogP contribution is -2.23. The molecule has 1 aromatic carbocycles. The van der Waals surface area contributed by atoms with E-state index in [0.717, 1.165) is 12.1 Å². The van der Waals surface area contributed by atoms with Crippen molar-refractivity contribution in [3.8, 4) is 11.8 Å². The van der Waals surface area contributed by atoms with Crippen LogP contribution in [0.15, 0.2) is 18.2 Å². The molecule has 3 amide bonds. The van der Waals surface area contributed by atoms with Crippen LogP contribution in [0.4, 0.5) is 10.7 Å². The highest BCUT2D eigenvalue weighted by atomic mass is 16.5. The van der Waals surface area contributed by atoms with Gasteiger partial charge in [-0.3, -0.25) is 19.6 Å². The van der Waals surface area contributed by atoms with Gasteiger partial charge in [0.2, 0.25) is 11.9 Å². The maximum absolute atomic E-state index is 13.0. The second-order valence-corrected chi connectivity index (χ2v) is 7.43. The molecule has 0 radical (unpaired) electrons. The fourth-order valence-corrected chi connectivity index (χ4v) is 3.51. The van der Waals surface area contributed by atoms with Gasteiger partial charge in [-0.15, -0.1) is 0 Å². The quantitative estimate of drug-likeness (QED) is 0.455. The summed E-state index contributed by atoms with van der Waals surface area (Å²) in [6.07, 6.45) is 0.155. The maximum Gasteiger partial charge on any atom is 0.407 e. The molecule has 0 saturated carbocycles. The number of primary amides is 1. The average Bonchev–Trinajstić information content (AvgIpc) is 3.36. The van der Waals surface area contributed by atoms with E-state index in [1.54, 1.807) is 22.9 Å². The van der Waals surface area contributed by atoms with Crippen molar-refractivity contribution in [2.24, 2.45) is 5.73 Å². The Kier molecular flexibility index (Phi) is 7.53. The second kappa shape index (κ2) is 10.5. The summed E-state index contributed by atoms with van der Waals surface area (Å²) in [5, 5.41) is 9.66. The van der Waals surface area contributed by atoms with Gasteiger partial charge in [-0.1, -0.05) is 18.8 Å². The molecule has 0 bridgehead atoms. The molecule has 2 heterocycles. The number of benzene rings is 1. The molecular weight excluding hydrogens is 438 g/mol. The SMILES string of the molecule is CCCn1c(NC(=O)c2cc(C)nn2CC)nc2cc(C(N)=O)cc(C#CCNC(=O)OC)c21. The number of amides is 3. The zero-order valence-electron chi connectivity index (χ0n) is 19.6. The van der Waals surface area contributed by atoms with E-state index in [9.17, 15) is 14.4 Å². The van der Waals surface area contributed by atoms with Gasteiger partial charge in [0, 0.05) is 18.7 Å². The summed E-state index contributed by atoms with van der Waals surface area (Å²) in [5.74, 6) is 5.14. The largest absolute Gasteiger partial charge is 0.453 e. The Morgan fingerprint density at radius 3 is 2.62 bits per heavy atom. The molecule has 0 aliphatic rings. The Bertz CT molecular complexity index is 1310. The number of nitrogens with zero attached hydrogens (tertiary/aromatic N) is 4. The predicted octanol–water partition coefficient (Wildman–Crippen LogP) is 2.03. The van der Waals surface area contributed by atoms with E-state index in [-0.39, 0.29) is 18.0 Å². The minimum absolute atomic E-state index is 0.0425. The number of imidazole rings is 1. The molecule has 0 fully saturated rings. The fourth-order valence-electron chi connectivity index (χ4n) is 3.51. The molecule has 4 N–H and O–H groups in total. The summed E-state index contributed by atoms with van der Waals surface area (Å²) < 4.78 is 7.99. The monoisotopic (exact) mass is 465 g/mol. The number of rotatable bonds is 7. The number of alkyl carbamates (subject to hydrolysis) is 1. The van der Waals surface area contributed by atoms with Gasteiger partial charge in [0.25, 0.3) is 5.91 Å². The molecule has 11 nitrogen and oxygen atoms in total. The first-order chi connectivity index (χ1) is 16.3. The molecule has 0 atom stereocenters. The fraction of sp³-hybridized carbons (Fsp3) is 0.348. The third kappa shape index (κ3) is 5.17. The van der Waals surface area contributed by atoms with Crippen LogP contribution in [-0.4, -0.2) is 50.9 Å². The van der Waals surface area contributed by atoms with E-state index in [2.05, 4.69) is 37.3 Å². The molecule has 0 saturated heterocycles. The van der Waals surface area contributed by atoms with Crippen LogP contribution >= 0.6 is 0 Å². The van der Waals surface area contributed by atoms with Gasteiger partial charge >= 0.3 is 6.09 Å². The molecule has 178 valence electrons. The summed E-state index contributed by atoms with van der Waals surface area (Å²) in [7, 11) is 1.26. The first-order valence-electron chi connectivity index (χ1n) is 10.8. The topological polar surface area (TPSA) is 146 Å². The highest BCUT2D eigenvalue weighted by molar-refractivity contribution is 6.04. The van der Waals surface area contributed by atoms with Crippen LogP contribution in [0.2, 0.25) is 0 Å². The van der Waals surface area contributed by atoms with Crippen LogP contribution in [-0.2, 0) is 17.8 Å². The Hall–Kier alpha value is -4.33. The minimum atomic E-state index is -0.629. The Morgan fingerprint density at radius 1 is 1.21 bits per heavy atom. The average molecular weight is 466 g/mol. The van der Waals surface area contributed by atoms with Crippen LogP contribution < -0.4 is 16.4 Å². The molecule has 34 heavy (non-hydrogen) atoms. The van der Waals surface area contributed by atoms with Crippen molar-refractivity contribution in [1.82, 2.24) is 24.6 Å². The maximum atomic E-state index is 13.0. The smallest absolute Gasteiger partial charge is 0.407 e. The number of aromatic nitrogens is 4. The van der Waals surface area contributed by atoms with Gasteiger partial charge < -0.3 is 20.4 Å². The lowest BCUT2D eigenvalue weighted by Gasteiger charge is -2.10. The second-order valence-electron chi connectivity index (χ2n) is 7.43. The normalized spacial score (nSPS) is 10.5. The summed E-state index contributed by atoms with van der Waals surface area (Å²) in [5.41, 5.74) is 8.50. The van der Waals surface area contributed by atoms with E-state index < -0.39 is 12.0 Å². The summed E-state index contributed by atoms with van der Waals surface area (Å²) in [6.45, 7) is 6.85. The molecule has 0 unspecified atom stereocenters. The molecule has 11 heteroatoms. The van der Waals surface area contributed by atoms with E-state index in [0.29, 0.717) is 41.3 Å². The van der Waals surface area contributed by atoms with Gasteiger partial charge in [0.1, 0.15) is 5.69 Å². The molecule has 0 aliphatic carbocycles. The summed E-state index contributed by atoms with van der Waals surface area (Å²) >= 11 is 0. The van der Waals surface area contributed by atoms with Crippen LogP contribution in [0.5, 0.6) is 0 Å². The minimum Gasteiger partial charge on any atom is -0.453 e. The third-order valence-corrected chi connectivity index (χ3v) is 4.96. The van der Waals surface area contributed by atoms with Crippen molar-refractivity contribution < 1.29 is 19.1 Å². The molecule has 0 spiro atoms. The Morgan fingerprint density at radius 2 is 1.97 bits per heavy atom. The highest BCUT2D eigenvalue weighted by Gasteiger charge is 2.20. The van der Waals surface area contributed by atoms with Crippen LogP contribution in [0, 0.1) is 18.8 Å². The van der Waals surface area contributed by atoms with Crippen molar-refractivity contribution in [2.45, 2.75) is 40.3 Å². The lowest BCUT2D eigenvalue weighted by atomic mass is 10.1. The van der Waals surface area contributed by atoms with Crippen LogP contribution in [0.25, 0.3) is 11.0 Å². The number of hydrogen-bond acceptors (Lipinski definition) is 6. The van der Waals surface area contributed by atoms with Crippen molar-refractivity contribution in [2.75, 3.05) is 19.0 Å². The Labute approximate surface area is 196 Å². The summed E-state index contributed by atoms with van der Waals surface area (Å²) in [6, 6.07) is 4.85. The van der Waals surface area contributed by atoms with Crippen molar-refractivity contribution in [3.05, 3.63) is 40.7 Å². The number of hydrogen-bond donors (Lipinski definition) is 3.